The highest BCUT2D eigenvalue weighted by Gasteiger charge is 2.28. The molecule has 21 heavy (non-hydrogen) atoms. The third-order valence-electron chi connectivity index (χ3n) is 4.36. The lowest BCUT2D eigenvalue weighted by atomic mass is 9.84. The first-order valence-corrected chi connectivity index (χ1v) is 8.17. The van der Waals surface area contributed by atoms with Crippen molar-refractivity contribution in [1.82, 2.24) is 5.32 Å². The number of hydrogen-bond acceptors (Lipinski definition) is 5. The van der Waals surface area contributed by atoms with E-state index in [0.717, 1.165) is 50.0 Å². The van der Waals surface area contributed by atoms with E-state index in [1.165, 1.54) is 0 Å². The van der Waals surface area contributed by atoms with E-state index in [1.807, 2.05) is 6.21 Å². The molecular weight excluding hydrogens is 264 g/mol. The first-order valence-electron chi connectivity index (χ1n) is 8.17. The van der Waals surface area contributed by atoms with Crippen molar-refractivity contribution in [2.45, 2.75) is 57.7 Å². The van der Waals surface area contributed by atoms with Gasteiger partial charge in [-0.05, 0) is 58.2 Å². The van der Waals surface area contributed by atoms with Crippen molar-refractivity contribution >= 4 is 6.21 Å². The van der Waals surface area contributed by atoms with E-state index in [-0.39, 0.29) is 12.0 Å². The van der Waals surface area contributed by atoms with Gasteiger partial charge in [-0.3, -0.25) is 4.99 Å². The van der Waals surface area contributed by atoms with Crippen LogP contribution in [0.2, 0.25) is 0 Å². The summed E-state index contributed by atoms with van der Waals surface area (Å²) in [6, 6.07) is 0.397. The number of piperidine rings is 1. The van der Waals surface area contributed by atoms with Crippen LogP contribution in [0.3, 0.4) is 0 Å². The fourth-order valence-corrected chi connectivity index (χ4v) is 2.93. The predicted octanol–water partition coefficient (Wildman–Crippen LogP) is 1.18. The second kappa shape index (κ2) is 7.92. The Bertz CT molecular complexity index is 386. The van der Waals surface area contributed by atoms with E-state index >= 15 is 0 Å². The van der Waals surface area contributed by atoms with Crippen LogP contribution >= 0.6 is 0 Å². The molecule has 1 aliphatic carbocycles. The number of rotatable bonds is 5. The van der Waals surface area contributed by atoms with Gasteiger partial charge in [0.15, 0.2) is 0 Å². The topological polar surface area (TPSA) is 85.7 Å². The third-order valence-corrected chi connectivity index (χ3v) is 4.36. The summed E-state index contributed by atoms with van der Waals surface area (Å²) in [7, 11) is 0. The maximum Gasteiger partial charge on any atom is 0.0599 e. The molecule has 0 aromatic carbocycles. The van der Waals surface area contributed by atoms with Crippen LogP contribution in [-0.4, -0.2) is 44.1 Å². The van der Waals surface area contributed by atoms with Crippen LogP contribution in [0, 0.1) is 5.92 Å². The minimum Gasteiger partial charge on any atom is -0.401 e. The maximum atomic E-state index is 6.33. The average molecular weight is 294 g/mol. The number of nitrogens with zero attached hydrogens (tertiary/aromatic N) is 1. The second-order valence-electron chi connectivity index (χ2n) is 6.44. The molecule has 0 amide bonds. The molecule has 0 aromatic heterocycles. The molecule has 0 bridgehead atoms. The average Bonchev–Trinajstić information content (AvgIpc) is 2.47. The number of allylic oxidation sites excluding steroid dienone is 1. The molecule has 2 unspecified atom stereocenters. The number of ether oxygens (including phenoxy) is 1. The normalized spacial score (nSPS) is 28.8. The molecule has 1 heterocycles. The molecule has 0 radical (unpaired) electrons. The van der Waals surface area contributed by atoms with Crippen molar-refractivity contribution in [1.29, 1.82) is 0 Å². The molecule has 2 atom stereocenters. The Labute approximate surface area is 128 Å². The highest BCUT2D eigenvalue weighted by Crippen LogP contribution is 2.26. The lowest BCUT2D eigenvalue weighted by Crippen LogP contribution is -2.42. The van der Waals surface area contributed by atoms with E-state index in [4.69, 9.17) is 16.2 Å². The van der Waals surface area contributed by atoms with Crippen molar-refractivity contribution in [2.75, 3.05) is 19.7 Å². The summed E-state index contributed by atoms with van der Waals surface area (Å²) in [6.45, 7) is 6.85. The van der Waals surface area contributed by atoms with Crippen molar-refractivity contribution in [2.24, 2.45) is 22.4 Å². The van der Waals surface area contributed by atoms with Gasteiger partial charge in [-0.25, -0.2) is 0 Å². The summed E-state index contributed by atoms with van der Waals surface area (Å²) in [5.74, 6) is 0.127. The quantitative estimate of drug-likeness (QED) is 0.665. The van der Waals surface area contributed by atoms with Crippen molar-refractivity contribution < 1.29 is 4.74 Å². The molecule has 1 aliphatic heterocycles. The van der Waals surface area contributed by atoms with Crippen molar-refractivity contribution in [3.05, 3.63) is 11.3 Å². The Balaban J connectivity index is 1.96. The van der Waals surface area contributed by atoms with Gasteiger partial charge < -0.3 is 21.5 Å². The van der Waals surface area contributed by atoms with Crippen LogP contribution in [-0.2, 0) is 4.74 Å². The van der Waals surface area contributed by atoms with Gasteiger partial charge in [-0.2, -0.15) is 0 Å². The Hall–Kier alpha value is -0.910. The van der Waals surface area contributed by atoms with E-state index < -0.39 is 0 Å². The van der Waals surface area contributed by atoms with Gasteiger partial charge in [-0.15, -0.1) is 0 Å². The van der Waals surface area contributed by atoms with Gasteiger partial charge in [0.1, 0.15) is 0 Å². The van der Waals surface area contributed by atoms with E-state index in [9.17, 15) is 0 Å². The fraction of sp³-hybridized carbons (Fsp3) is 0.812. The van der Waals surface area contributed by atoms with Gasteiger partial charge in [0.25, 0.3) is 0 Å². The zero-order chi connectivity index (χ0) is 15.2. The highest BCUT2D eigenvalue weighted by molar-refractivity contribution is 5.80. The van der Waals surface area contributed by atoms with Crippen LogP contribution in [0.1, 0.15) is 39.5 Å². The SMILES string of the molecule is CC(C)N=CC1=C(N)C(COC2CCNCC2)C(N)CC1. The summed E-state index contributed by atoms with van der Waals surface area (Å²) in [4.78, 5) is 4.46. The molecule has 2 rings (SSSR count). The summed E-state index contributed by atoms with van der Waals surface area (Å²) >= 11 is 0. The molecule has 2 aliphatic rings. The minimum absolute atomic E-state index is 0.0999. The number of aliphatic imine (C=N–C) groups is 1. The summed E-state index contributed by atoms with van der Waals surface area (Å²) < 4.78 is 6.06. The summed E-state index contributed by atoms with van der Waals surface area (Å²) in [6.07, 6.45) is 6.32. The molecule has 5 heteroatoms. The highest BCUT2D eigenvalue weighted by atomic mass is 16.5. The van der Waals surface area contributed by atoms with E-state index in [0.29, 0.717) is 18.8 Å². The fourth-order valence-electron chi connectivity index (χ4n) is 2.93. The molecular formula is C16H30N4O. The molecule has 0 aromatic rings. The standard InChI is InChI=1S/C16H30N4O/c1-11(2)20-9-12-3-4-15(17)14(16(12)18)10-21-13-5-7-19-8-6-13/h9,11,13-15,19H,3-8,10,17-18H2,1-2H3. The Kier molecular flexibility index (Phi) is 6.21. The van der Waals surface area contributed by atoms with Crippen LogP contribution in [0.5, 0.6) is 0 Å². The van der Waals surface area contributed by atoms with E-state index in [2.05, 4.69) is 24.2 Å². The van der Waals surface area contributed by atoms with Gasteiger partial charge in [-0.1, -0.05) is 0 Å². The molecule has 1 fully saturated rings. The number of nitrogens with one attached hydrogen (secondary N) is 1. The largest absolute Gasteiger partial charge is 0.401 e. The number of nitrogens with two attached hydrogens (primary N) is 2. The molecule has 1 saturated heterocycles. The first-order chi connectivity index (χ1) is 10.1. The zero-order valence-electron chi connectivity index (χ0n) is 13.3. The third kappa shape index (κ3) is 4.80. The smallest absolute Gasteiger partial charge is 0.0599 e. The lowest BCUT2D eigenvalue weighted by molar-refractivity contribution is 0.0120. The Morgan fingerprint density at radius 1 is 1.33 bits per heavy atom. The molecule has 5 nitrogen and oxygen atoms in total. The number of hydrogen-bond donors (Lipinski definition) is 3. The van der Waals surface area contributed by atoms with Crippen LogP contribution in [0.15, 0.2) is 16.3 Å². The van der Waals surface area contributed by atoms with Crippen molar-refractivity contribution in [3.63, 3.8) is 0 Å². The van der Waals surface area contributed by atoms with Crippen molar-refractivity contribution in [3.8, 4) is 0 Å². The Morgan fingerprint density at radius 2 is 2.05 bits per heavy atom. The monoisotopic (exact) mass is 294 g/mol. The lowest BCUT2D eigenvalue weighted by Gasteiger charge is -2.32. The molecule has 5 N–H and O–H groups in total. The minimum atomic E-state index is 0.0999. The maximum absolute atomic E-state index is 6.33. The van der Waals surface area contributed by atoms with Gasteiger partial charge in [0.05, 0.1) is 12.7 Å². The van der Waals surface area contributed by atoms with E-state index in [1.54, 1.807) is 0 Å². The molecule has 0 spiro atoms. The zero-order valence-corrected chi connectivity index (χ0v) is 13.3. The van der Waals surface area contributed by atoms with Gasteiger partial charge in [0.2, 0.25) is 0 Å². The summed E-state index contributed by atoms with van der Waals surface area (Å²) in [5, 5.41) is 3.35. The predicted molar refractivity (Wildman–Crippen MR) is 87.4 cm³/mol. The Morgan fingerprint density at radius 3 is 2.71 bits per heavy atom. The summed E-state index contributed by atoms with van der Waals surface area (Å²) in [5.41, 5.74) is 14.6. The second-order valence-corrected chi connectivity index (χ2v) is 6.44. The van der Waals surface area contributed by atoms with Gasteiger partial charge in [0, 0.05) is 29.9 Å². The first kappa shape index (κ1) is 16.5. The molecule has 120 valence electrons. The molecule has 0 saturated carbocycles. The van der Waals surface area contributed by atoms with Crippen LogP contribution in [0.4, 0.5) is 0 Å². The van der Waals surface area contributed by atoms with Crippen LogP contribution in [0.25, 0.3) is 0 Å². The van der Waals surface area contributed by atoms with Gasteiger partial charge >= 0.3 is 0 Å². The van der Waals surface area contributed by atoms with Crippen LogP contribution < -0.4 is 16.8 Å².